The fraction of sp³-hybridized carbons (Fsp3) is 0.161. The first-order valence-corrected chi connectivity index (χ1v) is 12.7. The Hall–Kier alpha value is -4.29. The van der Waals surface area contributed by atoms with Gasteiger partial charge in [-0.2, -0.15) is 5.10 Å². The van der Waals surface area contributed by atoms with E-state index in [0.717, 1.165) is 11.3 Å². The summed E-state index contributed by atoms with van der Waals surface area (Å²) in [4.78, 5) is 12.7. The van der Waals surface area contributed by atoms with Crippen LogP contribution in [0.2, 0.25) is 5.02 Å². The van der Waals surface area contributed by atoms with Gasteiger partial charge in [0.15, 0.2) is 5.76 Å². The van der Waals surface area contributed by atoms with Gasteiger partial charge in [0.05, 0.1) is 18.4 Å². The van der Waals surface area contributed by atoms with Gasteiger partial charge in [-0.3, -0.25) is 9.48 Å². The van der Waals surface area contributed by atoms with E-state index in [1.807, 2.05) is 42.5 Å². The maximum atomic E-state index is 12.7. The van der Waals surface area contributed by atoms with Crippen molar-refractivity contribution in [3.8, 4) is 5.75 Å². The van der Waals surface area contributed by atoms with Crippen LogP contribution in [0.15, 0.2) is 108 Å². The van der Waals surface area contributed by atoms with Gasteiger partial charge in [0.2, 0.25) is 0 Å². The zero-order chi connectivity index (χ0) is 26.5. The van der Waals surface area contributed by atoms with Crippen molar-refractivity contribution >= 4 is 23.2 Å². The van der Waals surface area contributed by atoms with Gasteiger partial charge < -0.3 is 14.5 Å². The van der Waals surface area contributed by atoms with Gasteiger partial charge in [0, 0.05) is 16.6 Å². The molecule has 0 spiro atoms. The summed E-state index contributed by atoms with van der Waals surface area (Å²) in [5.41, 5.74) is 3.93. The molecule has 0 fully saturated rings. The maximum absolute atomic E-state index is 12.7. The number of carbonyl (C=O) groups is 1. The number of anilines is 1. The van der Waals surface area contributed by atoms with Crippen molar-refractivity contribution in [2.24, 2.45) is 0 Å². The fourth-order valence-corrected chi connectivity index (χ4v) is 4.46. The van der Waals surface area contributed by atoms with E-state index in [4.69, 9.17) is 20.8 Å². The van der Waals surface area contributed by atoms with Crippen LogP contribution in [0, 0.1) is 0 Å². The molecule has 6 nitrogen and oxygen atoms in total. The standard InChI is InChI=1S/C31H28ClN3O3/c1-31(2,23-8-4-3-5-9-23)24-11-13-27(14-12-24)37-21-28-15-16-29(38-28)30(36)34-26-18-33-35(20-26)19-22-7-6-10-25(32)17-22/h3-18,20H,19,21H2,1-2H3,(H,34,36). The molecule has 2 heterocycles. The average molecular weight is 526 g/mol. The highest BCUT2D eigenvalue weighted by Crippen LogP contribution is 2.32. The van der Waals surface area contributed by atoms with Crippen LogP contribution >= 0.6 is 11.6 Å². The van der Waals surface area contributed by atoms with E-state index < -0.39 is 0 Å². The summed E-state index contributed by atoms with van der Waals surface area (Å²) in [5, 5.41) is 7.79. The summed E-state index contributed by atoms with van der Waals surface area (Å²) in [6.45, 7) is 5.17. The van der Waals surface area contributed by atoms with Crippen LogP contribution in [-0.2, 0) is 18.6 Å². The summed E-state index contributed by atoms with van der Waals surface area (Å²) < 4.78 is 13.3. The van der Waals surface area contributed by atoms with E-state index >= 15 is 0 Å². The van der Waals surface area contributed by atoms with Gasteiger partial charge in [0.1, 0.15) is 18.1 Å². The Morgan fingerprint density at radius 3 is 2.50 bits per heavy atom. The lowest BCUT2D eigenvalue weighted by Crippen LogP contribution is -2.18. The average Bonchev–Trinajstić information content (AvgIpc) is 3.58. The summed E-state index contributed by atoms with van der Waals surface area (Å²) >= 11 is 6.05. The number of nitrogens with zero attached hydrogens (tertiary/aromatic N) is 2. The Morgan fingerprint density at radius 1 is 0.974 bits per heavy atom. The molecule has 0 aliphatic rings. The number of ether oxygens (including phenoxy) is 1. The molecule has 1 N–H and O–H groups in total. The predicted octanol–water partition coefficient (Wildman–Crippen LogP) is 7.34. The van der Waals surface area contributed by atoms with Crippen LogP contribution in [0.5, 0.6) is 5.75 Å². The molecule has 0 bridgehead atoms. The molecule has 3 aromatic carbocycles. The molecule has 5 rings (SSSR count). The monoisotopic (exact) mass is 525 g/mol. The first-order valence-electron chi connectivity index (χ1n) is 12.3. The minimum absolute atomic E-state index is 0.116. The van der Waals surface area contributed by atoms with Crippen molar-refractivity contribution in [3.63, 3.8) is 0 Å². The number of rotatable bonds is 9. The number of hydrogen-bond acceptors (Lipinski definition) is 4. The molecule has 38 heavy (non-hydrogen) atoms. The summed E-state index contributed by atoms with van der Waals surface area (Å²) in [5.74, 6) is 1.13. The smallest absolute Gasteiger partial charge is 0.291 e. The van der Waals surface area contributed by atoms with Crippen molar-refractivity contribution < 1.29 is 13.9 Å². The SMILES string of the molecule is CC(C)(c1ccccc1)c1ccc(OCc2ccc(C(=O)Nc3cnn(Cc4cccc(Cl)c4)c3)o2)cc1. The highest BCUT2D eigenvalue weighted by molar-refractivity contribution is 6.30. The molecule has 0 radical (unpaired) electrons. The zero-order valence-electron chi connectivity index (χ0n) is 21.2. The third kappa shape index (κ3) is 5.98. The van der Waals surface area contributed by atoms with Crippen LogP contribution < -0.4 is 10.1 Å². The molecule has 0 unspecified atom stereocenters. The Morgan fingerprint density at radius 2 is 1.74 bits per heavy atom. The summed E-state index contributed by atoms with van der Waals surface area (Å²) in [6.07, 6.45) is 3.35. The number of amides is 1. The van der Waals surface area contributed by atoms with Crippen LogP contribution in [0.25, 0.3) is 0 Å². The number of benzene rings is 3. The summed E-state index contributed by atoms with van der Waals surface area (Å²) in [6, 6.07) is 29.4. The highest BCUT2D eigenvalue weighted by atomic mass is 35.5. The van der Waals surface area contributed by atoms with E-state index in [9.17, 15) is 4.79 Å². The van der Waals surface area contributed by atoms with E-state index in [1.165, 1.54) is 11.1 Å². The zero-order valence-corrected chi connectivity index (χ0v) is 22.0. The number of hydrogen-bond donors (Lipinski definition) is 1. The third-order valence-corrected chi connectivity index (χ3v) is 6.70. The summed E-state index contributed by atoms with van der Waals surface area (Å²) in [7, 11) is 0. The number of carbonyl (C=O) groups excluding carboxylic acids is 1. The number of nitrogens with one attached hydrogen (secondary N) is 1. The Kier molecular flexibility index (Phi) is 7.33. The lowest BCUT2D eigenvalue weighted by atomic mass is 9.78. The van der Waals surface area contributed by atoms with Crippen molar-refractivity contribution in [3.05, 3.63) is 137 Å². The van der Waals surface area contributed by atoms with Crippen LogP contribution in [0.1, 0.15) is 46.9 Å². The second kappa shape index (κ2) is 11.0. The van der Waals surface area contributed by atoms with E-state index in [2.05, 4.69) is 60.7 Å². The van der Waals surface area contributed by atoms with Crippen molar-refractivity contribution in [1.29, 1.82) is 0 Å². The van der Waals surface area contributed by atoms with Crippen molar-refractivity contribution in [2.75, 3.05) is 5.32 Å². The third-order valence-electron chi connectivity index (χ3n) is 6.46. The van der Waals surface area contributed by atoms with E-state index in [0.29, 0.717) is 23.0 Å². The molecule has 7 heteroatoms. The van der Waals surface area contributed by atoms with Gasteiger partial charge in [-0.05, 0) is 53.1 Å². The second-order valence-corrected chi connectivity index (χ2v) is 10.0. The van der Waals surface area contributed by atoms with Gasteiger partial charge >= 0.3 is 0 Å². The topological polar surface area (TPSA) is 69.3 Å². The molecule has 0 saturated heterocycles. The van der Waals surface area contributed by atoms with Gasteiger partial charge in [-0.25, -0.2) is 0 Å². The van der Waals surface area contributed by atoms with Gasteiger partial charge in [-0.1, -0.05) is 80.0 Å². The lowest BCUT2D eigenvalue weighted by Gasteiger charge is -2.26. The first-order chi connectivity index (χ1) is 18.4. The number of aromatic nitrogens is 2. The van der Waals surface area contributed by atoms with Gasteiger partial charge in [-0.15, -0.1) is 0 Å². The van der Waals surface area contributed by atoms with Crippen LogP contribution in [0.3, 0.4) is 0 Å². The minimum Gasteiger partial charge on any atom is -0.486 e. The molecular weight excluding hydrogens is 498 g/mol. The Labute approximate surface area is 226 Å². The second-order valence-electron chi connectivity index (χ2n) is 9.58. The molecule has 0 atom stereocenters. The first kappa shape index (κ1) is 25.4. The van der Waals surface area contributed by atoms with Crippen LogP contribution in [0.4, 0.5) is 5.69 Å². The normalized spacial score (nSPS) is 11.3. The van der Waals surface area contributed by atoms with Gasteiger partial charge in [0.25, 0.3) is 5.91 Å². The van der Waals surface area contributed by atoms with Crippen LogP contribution in [-0.4, -0.2) is 15.7 Å². The van der Waals surface area contributed by atoms with E-state index in [1.54, 1.807) is 29.2 Å². The predicted molar refractivity (Wildman–Crippen MR) is 149 cm³/mol. The fourth-order valence-electron chi connectivity index (χ4n) is 4.25. The molecule has 0 saturated carbocycles. The quantitative estimate of drug-likeness (QED) is 0.218. The Bertz CT molecular complexity index is 1520. The largest absolute Gasteiger partial charge is 0.486 e. The molecule has 0 aliphatic carbocycles. The van der Waals surface area contributed by atoms with E-state index in [-0.39, 0.29) is 23.7 Å². The molecule has 192 valence electrons. The molecular formula is C31H28ClN3O3. The molecule has 0 aliphatic heterocycles. The van der Waals surface area contributed by atoms with Crippen molar-refractivity contribution in [2.45, 2.75) is 32.4 Å². The minimum atomic E-state index is -0.356. The van der Waals surface area contributed by atoms with Crippen molar-refractivity contribution in [1.82, 2.24) is 9.78 Å². The Balaban J connectivity index is 1.15. The lowest BCUT2D eigenvalue weighted by molar-refractivity contribution is 0.0992. The number of furan rings is 1. The molecule has 1 amide bonds. The maximum Gasteiger partial charge on any atom is 0.291 e. The highest BCUT2D eigenvalue weighted by Gasteiger charge is 2.22. The molecule has 5 aromatic rings. The molecule has 2 aromatic heterocycles. The number of halogens is 1.